The number of halogens is 2. The zero-order chi connectivity index (χ0) is 12.1. The molecule has 2 atom stereocenters. The van der Waals surface area contributed by atoms with Crippen LogP contribution in [-0.4, -0.2) is 12.6 Å². The summed E-state index contributed by atoms with van der Waals surface area (Å²) >= 11 is 3.21. The molecule has 0 spiro atoms. The maximum Gasteiger partial charge on any atom is 0.137 e. The van der Waals surface area contributed by atoms with Crippen LogP contribution in [0.4, 0.5) is 4.39 Å². The van der Waals surface area contributed by atoms with Gasteiger partial charge in [-0.25, -0.2) is 4.39 Å². The Morgan fingerprint density at radius 1 is 1.38 bits per heavy atom. The molecule has 2 unspecified atom stereocenters. The Bertz CT molecular complexity index is 341. The molecule has 0 aliphatic rings. The van der Waals surface area contributed by atoms with Crippen LogP contribution in [-0.2, 0) is 6.42 Å². The Kier molecular flexibility index (Phi) is 5.42. The Balaban J connectivity index is 2.62. The maximum absolute atomic E-state index is 13.1. The van der Waals surface area contributed by atoms with E-state index in [2.05, 4.69) is 42.0 Å². The molecule has 0 aliphatic carbocycles. The van der Waals surface area contributed by atoms with E-state index in [1.165, 1.54) is 11.6 Å². The van der Waals surface area contributed by atoms with E-state index < -0.39 is 0 Å². The molecular formula is C13H19BrFN. The molecule has 0 bridgehead atoms. The molecule has 1 N–H and O–H groups in total. The lowest BCUT2D eigenvalue weighted by Crippen LogP contribution is -2.32. The minimum Gasteiger partial charge on any atom is -0.314 e. The first-order valence-corrected chi connectivity index (χ1v) is 6.51. The molecule has 0 aromatic heterocycles. The standard InChI is InChI=1S/C13H19BrFN/c1-4-16-10(3)9(2)7-11-5-6-13(15)12(14)8-11/h5-6,8-10,16H,4,7H2,1-3H3. The van der Waals surface area contributed by atoms with Gasteiger partial charge in [-0.15, -0.1) is 0 Å². The summed E-state index contributed by atoms with van der Waals surface area (Å²) in [4.78, 5) is 0. The van der Waals surface area contributed by atoms with E-state index in [9.17, 15) is 4.39 Å². The summed E-state index contributed by atoms with van der Waals surface area (Å²) in [5.41, 5.74) is 1.17. The summed E-state index contributed by atoms with van der Waals surface area (Å²) < 4.78 is 13.6. The number of nitrogens with one attached hydrogen (secondary N) is 1. The van der Waals surface area contributed by atoms with Crippen molar-refractivity contribution in [2.45, 2.75) is 33.2 Å². The Labute approximate surface area is 106 Å². The summed E-state index contributed by atoms with van der Waals surface area (Å²) in [7, 11) is 0. The second-order valence-corrected chi connectivity index (χ2v) is 5.13. The Hall–Kier alpha value is -0.410. The van der Waals surface area contributed by atoms with Gasteiger partial charge in [-0.1, -0.05) is 19.9 Å². The van der Waals surface area contributed by atoms with Gasteiger partial charge in [0, 0.05) is 6.04 Å². The van der Waals surface area contributed by atoms with Crippen molar-refractivity contribution in [2.75, 3.05) is 6.54 Å². The summed E-state index contributed by atoms with van der Waals surface area (Å²) in [5, 5.41) is 3.41. The Morgan fingerprint density at radius 2 is 2.06 bits per heavy atom. The molecule has 1 aromatic carbocycles. The van der Waals surface area contributed by atoms with Crippen LogP contribution in [0.15, 0.2) is 22.7 Å². The third-order valence-electron chi connectivity index (χ3n) is 2.92. The van der Waals surface area contributed by atoms with Gasteiger partial charge in [0.1, 0.15) is 5.82 Å². The van der Waals surface area contributed by atoms with Crippen molar-refractivity contribution in [3.05, 3.63) is 34.1 Å². The molecule has 16 heavy (non-hydrogen) atoms. The van der Waals surface area contributed by atoms with Gasteiger partial charge in [0.05, 0.1) is 4.47 Å². The predicted octanol–water partition coefficient (Wildman–Crippen LogP) is 3.76. The molecule has 90 valence electrons. The lowest BCUT2D eigenvalue weighted by Gasteiger charge is -2.20. The molecule has 1 aromatic rings. The average molecular weight is 288 g/mol. The summed E-state index contributed by atoms with van der Waals surface area (Å²) in [6.45, 7) is 7.49. The minimum atomic E-state index is -0.198. The zero-order valence-corrected chi connectivity index (χ0v) is 11.6. The number of rotatable bonds is 5. The third kappa shape index (κ3) is 3.87. The van der Waals surface area contributed by atoms with Crippen LogP contribution in [0.1, 0.15) is 26.3 Å². The highest BCUT2D eigenvalue weighted by Gasteiger charge is 2.12. The van der Waals surface area contributed by atoms with Crippen molar-refractivity contribution in [3.63, 3.8) is 0 Å². The fourth-order valence-electron chi connectivity index (χ4n) is 1.74. The van der Waals surface area contributed by atoms with Crippen molar-refractivity contribution < 1.29 is 4.39 Å². The quantitative estimate of drug-likeness (QED) is 0.869. The van der Waals surface area contributed by atoms with E-state index in [1.54, 1.807) is 0 Å². The zero-order valence-electron chi connectivity index (χ0n) is 10.1. The van der Waals surface area contributed by atoms with Crippen LogP contribution in [0.3, 0.4) is 0 Å². The average Bonchev–Trinajstić information content (AvgIpc) is 2.24. The first kappa shape index (κ1) is 13.7. The molecule has 0 radical (unpaired) electrons. The minimum absolute atomic E-state index is 0.198. The fourth-order valence-corrected chi connectivity index (χ4v) is 2.16. The fraction of sp³-hybridized carbons (Fsp3) is 0.538. The highest BCUT2D eigenvalue weighted by molar-refractivity contribution is 9.10. The smallest absolute Gasteiger partial charge is 0.137 e. The molecule has 0 aliphatic heterocycles. The van der Waals surface area contributed by atoms with Crippen LogP contribution in [0, 0.1) is 11.7 Å². The maximum atomic E-state index is 13.1. The van der Waals surface area contributed by atoms with Crippen molar-refractivity contribution in [3.8, 4) is 0 Å². The van der Waals surface area contributed by atoms with Gasteiger partial charge in [-0.3, -0.25) is 0 Å². The van der Waals surface area contributed by atoms with Crippen LogP contribution in [0.2, 0.25) is 0 Å². The third-order valence-corrected chi connectivity index (χ3v) is 3.53. The molecule has 0 saturated carbocycles. The van der Waals surface area contributed by atoms with E-state index >= 15 is 0 Å². The largest absolute Gasteiger partial charge is 0.314 e. The van der Waals surface area contributed by atoms with Crippen molar-refractivity contribution in [1.82, 2.24) is 5.32 Å². The van der Waals surface area contributed by atoms with Crippen LogP contribution < -0.4 is 5.32 Å². The van der Waals surface area contributed by atoms with Crippen molar-refractivity contribution in [2.24, 2.45) is 5.92 Å². The topological polar surface area (TPSA) is 12.0 Å². The lowest BCUT2D eigenvalue weighted by molar-refractivity contribution is 0.406. The normalized spacial score (nSPS) is 14.8. The van der Waals surface area contributed by atoms with Gasteiger partial charge < -0.3 is 5.32 Å². The molecule has 0 fully saturated rings. The van der Waals surface area contributed by atoms with E-state index in [0.717, 1.165) is 13.0 Å². The van der Waals surface area contributed by atoms with Gasteiger partial charge in [-0.05, 0) is 59.4 Å². The van der Waals surface area contributed by atoms with Crippen LogP contribution in [0.25, 0.3) is 0 Å². The molecular weight excluding hydrogens is 269 g/mol. The predicted molar refractivity (Wildman–Crippen MR) is 70.1 cm³/mol. The second kappa shape index (κ2) is 6.36. The van der Waals surface area contributed by atoms with Gasteiger partial charge in [0.15, 0.2) is 0 Å². The molecule has 0 heterocycles. The van der Waals surface area contributed by atoms with E-state index in [1.807, 2.05) is 12.1 Å². The molecule has 0 saturated heterocycles. The van der Waals surface area contributed by atoms with Crippen LogP contribution >= 0.6 is 15.9 Å². The SMILES string of the molecule is CCNC(C)C(C)Cc1ccc(F)c(Br)c1. The second-order valence-electron chi connectivity index (χ2n) is 4.28. The van der Waals surface area contributed by atoms with Crippen molar-refractivity contribution in [1.29, 1.82) is 0 Å². The molecule has 1 rings (SSSR count). The van der Waals surface area contributed by atoms with Gasteiger partial charge in [-0.2, -0.15) is 0 Å². The molecule has 3 heteroatoms. The van der Waals surface area contributed by atoms with Gasteiger partial charge in [0.25, 0.3) is 0 Å². The van der Waals surface area contributed by atoms with Crippen LogP contribution in [0.5, 0.6) is 0 Å². The van der Waals surface area contributed by atoms with E-state index in [4.69, 9.17) is 0 Å². The highest BCUT2D eigenvalue weighted by atomic mass is 79.9. The first-order valence-electron chi connectivity index (χ1n) is 5.72. The number of hydrogen-bond donors (Lipinski definition) is 1. The molecule has 0 amide bonds. The van der Waals surface area contributed by atoms with Crippen molar-refractivity contribution >= 4 is 15.9 Å². The van der Waals surface area contributed by atoms with E-state index in [-0.39, 0.29) is 5.82 Å². The number of benzene rings is 1. The number of hydrogen-bond acceptors (Lipinski definition) is 1. The lowest BCUT2D eigenvalue weighted by atomic mass is 9.95. The summed E-state index contributed by atoms with van der Waals surface area (Å²) in [6.07, 6.45) is 0.965. The summed E-state index contributed by atoms with van der Waals surface area (Å²) in [5.74, 6) is 0.341. The summed E-state index contributed by atoms with van der Waals surface area (Å²) in [6, 6.07) is 5.72. The van der Waals surface area contributed by atoms with E-state index in [0.29, 0.717) is 16.4 Å². The monoisotopic (exact) mass is 287 g/mol. The molecule has 1 nitrogen and oxygen atoms in total. The van der Waals surface area contributed by atoms with Gasteiger partial charge in [0.2, 0.25) is 0 Å². The highest BCUT2D eigenvalue weighted by Crippen LogP contribution is 2.19. The van der Waals surface area contributed by atoms with Gasteiger partial charge >= 0.3 is 0 Å². The first-order chi connectivity index (χ1) is 7.54. The Morgan fingerprint density at radius 3 is 2.62 bits per heavy atom.